The van der Waals surface area contributed by atoms with Gasteiger partial charge in [-0.15, -0.1) is 0 Å². The van der Waals surface area contributed by atoms with Crippen molar-refractivity contribution in [2.45, 2.75) is 44.8 Å². The summed E-state index contributed by atoms with van der Waals surface area (Å²) >= 11 is 0. The average Bonchev–Trinajstić information content (AvgIpc) is 3.00. The smallest absolute Gasteiger partial charge is 0.407 e. The van der Waals surface area contributed by atoms with Crippen LogP contribution in [-0.4, -0.2) is 23.8 Å². The first-order valence-corrected chi connectivity index (χ1v) is 7.38. The van der Waals surface area contributed by atoms with E-state index in [9.17, 15) is 9.90 Å². The fourth-order valence-corrected chi connectivity index (χ4v) is 2.67. The number of aliphatic hydroxyl groups excluding tert-OH is 1. The van der Waals surface area contributed by atoms with Crippen LogP contribution in [0.3, 0.4) is 0 Å². The predicted molar refractivity (Wildman–Crippen MR) is 77.2 cm³/mol. The summed E-state index contributed by atoms with van der Waals surface area (Å²) in [4.78, 5) is 11.5. The van der Waals surface area contributed by atoms with Crippen molar-refractivity contribution in [1.82, 2.24) is 5.32 Å². The highest BCUT2D eigenvalue weighted by molar-refractivity contribution is 5.67. The summed E-state index contributed by atoms with van der Waals surface area (Å²) in [5.41, 5.74) is 0.966. The zero-order valence-electron chi connectivity index (χ0n) is 11.8. The Hall–Kier alpha value is -1.55. The quantitative estimate of drug-likeness (QED) is 0.840. The van der Waals surface area contributed by atoms with Crippen LogP contribution in [0, 0.1) is 5.92 Å². The molecule has 1 aromatic rings. The normalized spacial score (nSPS) is 16.9. The molecule has 0 radical (unpaired) electrons. The van der Waals surface area contributed by atoms with Crippen molar-refractivity contribution in [2.75, 3.05) is 6.54 Å². The molecule has 0 spiro atoms. The molecule has 1 unspecified atom stereocenters. The van der Waals surface area contributed by atoms with Crippen molar-refractivity contribution < 1.29 is 14.6 Å². The number of amides is 1. The van der Waals surface area contributed by atoms with Gasteiger partial charge in [-0.1, -0.05) is 43.2 Å². The third-order valence-corrected chi connectivity index (χ3v) is 3.87. The Morgan fingerprint density at radius 1 is 1.30 bits per heavy atom. The van der Waals surface area contributed by atoms with Crippen molar-refractivity contribution in [3.63, 3.8) is 0 Å². The van der Waals surface area contributed by atoms with Crippen molar-refractivity contribution in [3.05, 3.63) is 35.9 Å². The number of ether oxygens (including phenoxy) is 1. The Bertz CT molecular complexity index is 401. The van der Waals surface area contributed by atoms with E-state index >= 15 is 0 Å². The van der Waals surface area contributed by atoms with E-state index in [0.29, 0.717) is 18.9 Å². The summed E-state index contributed by atoms with van der Waals surface area (Å²) < 4.78 is 5.10. The molecule has 0 saturated heterocycles. The molecule has 2 rings (SSSR count). The van der Waals surface area contributed by atoms with Crippen LogP contribution in [0.25, 0.3) is 0 Å². The highest BCUT2D eigenvalue weighted by Crippen LogP contribution is 2.28. The van der Waals surface area contributed by atoms with Gasteiger partial charge in [0.1, 0.15) is 6.61 Å². The number of aliphatic hydroxyl groups is 1. The van der Waals surface area contributed by atoms with E-state index in [4.69, 9.17) is 4.74 Å². The molecule has 1 aliphatic rings. The topological polar surface area (TPSA) is 58.6 Å². The lowest BCUT2D eigenvalue weighted by atomic mass is 9.98. The molecule has 1 aromatic carbocycles. The Labute approximate surface area is 120 Å². The van der Waals surface area contributed by atoms with E-state index in [1.807, 2.05) is 30.3 Å². The fourth-order valence-electron chi connectivity index (χ4n) is 2.67. The minimum absolute atomic E-state index is 0.276. The maximum atomic E-state index is 11.5. The third kappa shape index (κ3) is 4.85. The van der Waals surface area contributed by atoms with Crippen LogP contribution in [-0.2, 0) is 11.3 Å². The van der Waals surface area contributed by atoms with Gasteiger partial charge in [-0.3, -0.25) is 0 Å². The number of carbonyl (C=O) groups excluding carboxylic acids is 1. The SMILES string of the molecule is O=C(NCCC(O)C1CCCC1)OCc1ccccc1. The van der Waals surface area contributed by atoms with Crippen LogP contribution < -0.4 is 5.32 Å². The van der Waals surface area contributed by atoms with Crippen molar-refractivity contribution in [3.8, 4) is 0 Å². The van der Waals surface area contributed by atoms with E-state index < -0.39 is 6.09 Å². The van der Waals surface area contributed by atoms with Gasteiger partial charge in [0.2, 0.25) is 0 Å². The largest absolute Gasteiger partial charge is 0.445 e. The summed E-state index contributed by atoms with van der Waals surface area (Å²) in [7, 11) is 0. The predicted octanol–water partition coefficient (Wildman–Crippen LogP) is 2.85. The fraction of sp³-hybridized carbons (Fsp3) is 0.562. The minimum atomic E-state index is -0.424. The summed E-state index contributed by atoms with van der Waals surface area (Å²) in [6.07, 6.45) is 4.53. The number of nitrogens with one attached hydrogen (secondary N) is 1. The van der Waals surface area contributed by atoms with Gasteiger partial charge in [-0.25, -0.2) is 4.79 Å². The van der Waals surface area contributed by atoms with Gasteiger partial charge in [0.05, 0.1) is 6.10 Å². The molecule has 1 amide bonds. The van der Waals surface area contributed by atoms with Crippen LogP contribution in [0.4, 0.5) is 4.79 Å². The first kappa shape index (κ1) is 14.9. The molecule has 1 atom stereocenters. The highest BCUT2D eigenvalue weighted by atomic mass is 16.5. The zero-order chi connectivity index (χ0) is 14.2. The van der Waals surface area contributed by atoms with Crippen molar-refractivity contribution in [1.29, 1.82) is 0 Å². The number of benzene rings is 1. The van der Waals surface area contributed by atoms with Gasteiger partial charge in [0, 0.05) is 6.54 Å². The molecule has 0 aromatic heterocycles. The first-order chi connectivity index (χ1) is 9.75. The van der Waals surface area contributed by atoms with Gasteiger partial charge in [0.25, 0.3) is 0 Å². The van der Waals surface area contributed by atoms with Gasteiger partial charge >= 0.3 is 6.09 Å². The first-order valence-electron chi connectivity index (χ1n) is 7.38. The second-order valence-electron chi connectivity index (χ2n) is 5.39. The number of hydrogen-bond acceptors (Lipinski definition) is 3. The molecular formula is C16H23NO3. The number of hydrogen-bond donors (Lipinski definition) is 2. The number of alkyl carbamates (subject to hydrolysis) is 1. The second-order valence-corrected chi connectivity index (χ2v) is 5.39. The second kappa shape index (κ2) is 7.90. The van der Waals surface area contributed by atoms with Crippen LogP contribution in [0.15, 0.2) is 30.3 Å². The molecule has 110 valence electrons. The monoisotopic (exact) mass is 277 g/mol. The summed E-state index contributed by atoms with van der Waals surface area (Å²) in [5.74, 6) is 0.414. The van der Waals surface area contributed by atoms with Crippen LogP contribution in [0.2, 0.25) is 0 Å². The molecule has 1 saturated carbocycles. The molecule has 4 nitrogen and oxygen atoms in total. The Balaban J connectivity index is 1.58. The Morgan fingerprint density at radius 3 is 2.70 bits per heavy atom. The number of rotatable bonds is 6. The van der Waals surface area contributed by atoms with Crippen molar-refractivity contribution in [2.24, 2.45) is 5.92 Å². The van der Waals surface area contributed by atoms with Gasteiger partial charge in [-0.2, -0.15) is 0 Å². The molecule has 4 heteroatoms. The van der Waals surface area contributed by atoms with Crippen molar-refractivity contribution >= 4 is 6.09 Å². The Morgan fingerprint density at radius 2 is 2.00 bits per heavy atom. The van der Waals surface area contributed by atoms with E-state index in [2.05, 4.69) is 5.32 Å². The van der Waals surface area contributed by atoms with Crippen LogP contribution in [0.1, 0.15) is 37.7 Å². The molecule has 20 heavy (non-hydrogen) atoms. The summed E-state index contributed by atoms with van der Waals surface area (Å²) in [5, 5.41) is 12.7. The number of carbonyl (C=O) groups is 1. The molecule has 0 bridgehead atoms. The van der Waals surface area contributed by atoms with E-state index in [1.165, 1.54) is 12.8 Å². The van der Waals surface area contributed by atoms with E-state index in [-0.39, 0.29) is 12.7 Å². The average molecular weight is 277 g/mol. The lowest BCUT2D eigenvalue weighted by Crippen LogP contribution is -2.29. The maximum absolute atomic E-state index is 11.5. The standard InChI is InChI=1S/C16H23NO3/c18-15(14-8-4-5-9-14)10-11-17-16(19)20-12-13-6-2-1-3-7-13/h1-3,6-7,14-15,18H,4-5,8-12H2,(H,17,19). The van der Waals surface area contributed by atoms with Gasteiger partial charge < -0.3 is 15.2 Å². The molecule has 1 fully saturated rings. The molecule has 0 heterocycles. The molecule has 0 aliphatic heterocycles. The van der Waals surface area contributed by atoms with Gasteiger partial charge in [-0.05, 0) is 30.7 Å². The summed E-state index contributed by atoms with van der Waals surface area (Å²) in [6.45, 7) is 0.739. The van der Waals surface area contributed by atoms with E-state index in [0.717, 1.165) is 18.4 Å². The van der Waals surface area contributed by atoms with E-state index in [1.54, 1.807) is 0 Å². The highest BCUT2D eigenvalue weighted by Gasteiger charge is 2.22. The maximum Gasteiger partial charge on any atom is 0.407 e. The third-order valence-electron chi connectivity index (χ3n) is 3.87. The zero-order valence-corrected chi connectivity index (χ0v) is 11.8. The minimum Gasteiger partial charge on any atom is -0.445 e. The lowest BCUT2D eigenvalue weighted by Gasteiger charge is -2.17. The summed E-state index contributed by atoms with van der Waals surface area (Å²) in [6, 6.07) is 9.57. The molecular weight excluding hydrogens is 254 g/mol. The Kier molecular flexibility index (Phi) is 5.87. The molecule has 1 aliphatic carbocycles. The van der Waals surface area contributed by atoms with Crippen LogP contribution in [0.5, 0.6) is 0 Å². The lowest BCUT2D eigenvalue weighted by molar-refractivity contribution is 0.0987. The molecule has 2 N–H and O–H groups in total. The van der Waals surface area contributed by atoms with Gasteiger partial charge in [0.15, 0.2) is 0 Å². The van der Waals surface area contributed by atoms with Crippen LogP contribution >= 0.6 is 0 Å².